The second-order valence-electron chi connectivity index (χ2n) is 6.57. The molecule has 0 aliphatic heterocycles. The molecule has 0 heterocycles. The SMILES string of the molecule is Cc1cccc(C)c1OCC(=O)Nc1ccc(NC(=O)c2ccccc2)c(Cl)c1. The molecule has 2 amide bonds. The number of carbonyl (C=O) groups excluding carboxylic acids is 2. The number of benzene rings is 3. The fourth-order valence-corrected chi connectivity index (χ4v) is 3.07. The molecule has 0 bridgehead atoms. The van der Waals surface area contributed by atoms with Crippen molar-refractivity contribution >= 4 is 34.8 Å². The molecular formula is C23H21ClN2O3. The van der Waals surface area contributed by atoms with E-state index in [0.29, 0.717) is 27.7 Å². The highest BCUT2D eigenvalue weighted by atomic mass is 35.5. The van der Waals surface area contributed by atoms with Crippen molar-refractivity contribution < 1.29 is 14.3 Å². The lowest BCUT2D eigenvalue weighted by Gasteiger charge is -2.13. The molecule has 3 aromatic carbocycles. The van der Waals surface area contributed by atoms with Crippen molar-refractivity contribution in [3.05, 3.63) is 88.4 Å². The number of hydrogen-bond acceptors (Lipinski definition) is 3. The molecule has 6 heteroatoms. The van der Waals surface area contributed by atoms with Gasteiger partial charge in [-0.1, -0.05) is 48.0 Å². The van der Waals surface area contributed by atoms with Gasteiger partial charge < -0.3 is 15.4 Å². The van der Waals surface area contributed by atoms with Crippen molar-refractivity contribution in [3.63, 3.8) is 0 Å². The molecule has 29 heavy (non-hydrogen) atoms. The molecule has 148 valence electrons. The first-order chi connectivity index (χ1) is 13.9. The number of para-hydroxylation sites is 1. The average Bonchev–Trinajstić information content (AvgIpc) is 2.70. The van der Waals surface area contributed by atoms with E-state index in [-0.39, 0.29) is 18.4 Å². The van der Waals surface area contributed by atoms with Crippen molar-refractivity contribution in [2.45, 2.75) is 13.8 Å². The van der Waals surface area contributed by atoms with Gasteiger partial charge in [-0.15, -0.1) is 0 Å². The van der Waals surface area contributed by atoms with Gasteiger partial charge in [-0.05, 0) is 55.3 Å². The number of ether oxygens (including phenoxy) is 1. The monoisotopic (exact) mass is 408 g/mol. The maximum atomic E-state index is 12.2. The predicted molar refractivity (Wildman–Crippen MR) is 116 cm³/mol. The van der Waals surface area contributed by atoms with Crippen LogP contribution in [0.15, 0.2) is 66.7 Å². The molecule has 0 saturated heterocycles. The van der Waals surface area contributed by atoms with Gasteiger partial charge in [0.1, 0.15) is 5.75 Å². The molecular weight excluding hydrogens is 388 g/mol. The number of nitrogens with one attached hydrogen (secondary N) is 2. The lowest BCUT2D eigenvalue weighted by Crippen LogP contribution is -2.20. The summed E-state index contributed by atoms with van der Waals surface area (Å²) < 4.78 is 5.66. The van der Waals surface area contributed by atoms with E-state index in [4.69, 9.17) is 16.3 Å². The zero-order valence-corrected chi connectivity index (χ0v) is 16.9. The fraction of sp³-hybridized carbons (Fsp3) is 0.130. The molecule has 0 radical (unpaired) electrons. The zero-order valence-electron chi connectivity index (χ0n) is 16.2. The molecule has 0 unspecified atom stereocenters. The quantitative estimate of drug-likeness (QED) is 0.587. The number of aryl methyl sites for hydroxylation is 2. The maximum Gasteiger partial charge on any atom is 0.262 e. The standard InChI is InChI=1S/C23H21ClN2O3/c1-15-7-6-8-16(2)22(15)29-14-21(27)25-18-11-12-20(19(24)13-18)26-23(28)17-9-4-3-5-10-17/h3-13H,14H2,1-2H3,(H,25,27)(H,26,28). The lowest BCUT2D eigenvalue weighted by atomic mass is 10.1. The highest BCUT2D eigenvalue weighted by Crippen LogP contribution is 2.26. The Morgan fingerprint density at radius 2 is 1.59 bits per heavy atom. The van der Waals surface area contributed by atoms with E-state index in [1.54, 1.807) is 42.5 Å². The van der Waals surface area contributed by atoms with E-state index in [0.717, 1.165) is 11.1 Å². The summed E-state index contributed by atoms with van der Waals surface area (Å²) in [5.41, 5.74) is 3.46. The van der Waals surface area contributed by atoms with E-state index in [1.165, 1.54) is 0 Å². The third-order valence-corrected chi connectivity index (χ3v) is 4.61. The van der Waals surface area contributed by atoms with E-state index < -0.39 is 0 Å². The highest BCUT2D eigenvalue weighted by Gasteiger charge is 2.11. The van der Waals surface area contributed by atoms with Gasteiger partial charge in [0.25, 0.3) is 11.8 Å². The minimum Gasteiger partial charge on any atom is -0.483 e. The van der Waals surface area contributed by atoms with Gasteiger partial charge in [-0.3, -0.25) is 9.59 Å². The summed E-state index contributed by atoms with van der Waals surface area (Å²) in [5.74, 6) is 0.149. The van der Waals surface area contributed by atoms with Gasteiger partial charge in [0.05, 0.1) is 10.7 Å². The number of anilines is 2. The molecule has 0 spiro atoms. The summed E-state index contributed by atoms with van der Waals surface area (Å²) in [6, 6.07) is 19.6. The van der Waals surface area contributed by atoms with Gasteiger partial charge in [0.2, 0.25) is 0 Å². The third-order valence-electron chi connectivity index (χ3n) is 4.29. The topological polar surface area (TPSA) is 67.4 Å². The van der Waals surface area contributed by atoms with Crippen LogP contribution in [-0.2, 0) is 4.79 Å². The Morgan fingerprint density at radius 1 is 0.897 bits per heavy atom. The van der Waals surface area contributed by atoms with Crippen molar-refractivity contribution in [1.29, 1.82) is 0 Å². The van der Waals surface area contributed by atoms with Crippen LogP contribution in [0.5, 0.6) is 5.75 Å². The van der Waals surface area contributed by atoms with Crippen LogP contribution in [0.2, 0.25) is 5.02 Å². The van der Waals surface area contributed by atoms with E-state index >= 15 is 0 Å². The Bertz CT molecular complexity index is 1020. The molecule has 5 nitrogen and oxygen atoms in total. The molecule has 0 atom stereocenters. The third kappa shape index (κ3) is 5.36. The molecule has 0 aromatic heterocycles. The first kappa shape index (κ1) is 20.4. The Morgan fingerprint density at radius 3 is 2.24 bits per heavy atom. The van der Waals surface area contributed by atoms with Crippen LogP contribution in [0.1, 0.15) is 21.5 Å². The summed E-state index contributed by atoms with van der Waals surface area (Å²) >= 11 is 6.26. The number of carbonyl (C=O) groups is 2. The van der Waals surface area contributed by atoms with Crippen LogP contribution < -0.4 is 15.4 Å². The number of hydrogen-bond donors (Lipinski definition) is 2. The van der Waals surface area contributed by atoms with Crippen LogP contribution in [0.3, 0.4) is 0 Å². The maximum absolute atomic E-state index is 12.2. The number of rotatable bonds is 6. The Balaban J connectivity index is 1.60. The Kier molecular flexibility index (Phi) is 6.52. The van der Waals surface area contributed by atoms with Gasteiger partial charge in [0.15, 0.2) is 6.61 Å². The zero-order chi connectivity index (χ0) is 20.8. The second kappa shape index (κ2) is 9.26. The number of amides is 2. The Labute approximate surface area is 174 Å². The van der Waals surface area contributed by atoms with Crippen molar-refractivity contribution in [2.75, 3.05) is 17.2 Å². The summed E-state index contributed by atoms with van der Waals surface area (Å²) in [6.45, 7) is 3.75. The molecule has 0 aliphatic carbocycles. The normalized spacial score (nSPS) is 10.3. The molecule has 3 rings (SSSR count). The molecule has 0 saturated carbocycles. The minimum absolute atomic E-state index is 0.115. The van der Waals surface area contributed by atoms with Gasteiger partial charge in [0, 0.05) is 11.3 Å². The molecule has 0 fully saturated rings. The van der Waals surface area contributed by atoms with Gasteiger partial charge >= 0.3 is 0 Å². The van der Waals surface area contributed by atoms with Gasteiger partial charge in [-0.25, -0.2) is 0 Å². The highest BCUT2D eigenvalue weighted by molar-refractivity contribution is 6.34. The van der Waals surface area contributed by atoms with E-state index in [9.17, 15) is 9.59 Å². The van der Waals surface area contributed by atoms with Crippen LogP contribution in [-0.4, -0.2) is 18.4 Å². The summed E-state index contributed by atoms with van der Waals surface area (Å²) in [6.07, 6.45) is 0. The van der Waals surface area contributed by atoms with Crippen LogP contribution in [0, 0.1) is 13.8 Å². The first-order valence-corrected chi connectivity index (χ1v) is 9.46. The molecule has 0 aliphatic rings. The summed E-state index contributed by atoms with van der Waals surface area (Å²) in [4.78, 5) is 24.5. The number of halogens is 1. The van der Waals surface area contributed by atoms with Crippen molar-refractivity contribution in [2.24, 2.45) is 0 Å². The minimum atomic E-state index is -0.301. The van der Waals surface area contributed by atoms with Crippen LogP contribution >= 0.6 is 11.6 Å². The van der Waals surface area contributed by atoms with Crippen LogP contribution in [0.25, 0.3) is 0 Å². The molecule has 3 aromatic rings. The Hall–Kier alpha value is -3.31. The fourth-order valence-electron chi connectivity index (χ4n) is 2.84. The summed E-state index contributed by atoms with van der Waals surface area (Å²) in [7, 11) is 0. The second-order valence-corrected chi connectivity index (χ2v) is 6.98. The lowest BCUT2D eigenvalue weighted by molar-refractivity contribution is -0.118. The first-order valence-electron chi connectivity index (χ1n) is 9.09. The van der Waals surface area contributed by atoms with Gasteiger partial charge in [-0.2, -0.15) is 0 Å². The van der Waals surface area contributed by atoms with E-state index in [2.05, 4.69) is 10.6 Å². The predicted octanol–water partition coefficient (Wildman–Crippen LogP) is 5.23. The smallest absolute Gasteiger partial charge is 0.262 e. The average molecular weight is 409 g/mol. The van der Waals surface area contributed by atoms with E-state index in [1.807, 2.05) is 38.1 Å². The largest absolute Gasteiger partial charge is 0.483 e. The van der Waals surface area contributed by atoms with Crippen LogP contribution in [0.4, 0.5) is 11.4 Å². The van der Waals surface area contributed by atoms with Crippen molar-refractivity contribution in [1.82, 2.24) is 0 Å². The molecule has 2 N–H and O–H groups in total. The van der Waals surface area contributed by atoms with Crippen molar-refractivity contribution in [3.8, 4) is 5.75 Å². The summed E-state index contributed by atoms with van der Waals surface area (Å²) in [5, 5.41) is 5.82.